The summed E-state index contributed by atoms with van der Waals surface area (Å²) >= 11 is 0. The zero-order valence-electron chi connectivity index (χ0n) is 19.1. The third kappa shape index (κ3) is 4.59. The Labute approximate surface area is 200 Å². The van der Waals surface area contributed by atoms with Crippen LogP contribution in [0.15, 0.2) is 35.4 Å². The molecule has 2 heterocycles. The Morgan fingerprint density at radius 2 is 1.91 bits per heavy atom. The number of phenolic OH excluding ortho intramolecular Hbond substituents is 1. The lowest BCUT2D eigenvalue weighted by Gasteiger charge is -2.19. The van der Waals surface area contributed by atoms with Crippen LogP contribution >= 0.6 is 0 Å². The predicted octanol–water partition coefficient (Wildman–Crippen LogP) is 4.16. The highest BCUT2D eigenvalue weighted by Crippen LogP contribution is 2.42. The quantitative estimate of drug-likeness (QED) is 0.459. The van der Waals surface area contributed by atoms with Gasteiger partial charge in [-0.2, -0.15) is 17.9 Å². The Morgan fingerprint density at radius 1 is 1.26 bits per heavy atom. The van der Waals surface area contributed by atoms with E-state index in [2.05, 4.69) is 4.98 Å². The number of nitrogens with one attached hydrogen (secondary N) is 1. The summed E-state index contributed by atoms with van der Waals surface area (Å²) in [6.45, 7) is 2.44. The Bertz CT molecular complexity index is 1390. The molecule has 1 amide bonds. The van der Waals surface area contributed by atoms with Crippen molar-refractivity contribution in [3.63, 3.8) is 0 Å². The van der Waals surface area contributed by atoms with Gasteiger partial charge in [0.2, 0.25) is 10.0 Å². The lowest BCUT2D eigenvalue weighted by atomic mass is 10.1. The van der Waals surface area contributed by atoms with Crippen molar-refractivity contribution in [2.75, 3.05) is 0 Å². The van der Waals surface area contributed by atoms with Crippen molar-refractivity contribution in [3.05, 3.63) is 41.6 Å². The second kappa shape index (κ2) is 8.83. The summed E-state index contributed by atoms with van der Waals surface area (Å²) in [4.78, 5) is 16.3. The maximum absolute atomic E-state index is 12.8. The molecule has 2 aromatic heterocycles. The van der Waals surface area contributed by atoms with E-state index in [0.29, 0.717) is 29.1 Å². The van der Waals surface area contributed by atoms with Gasteiger partial charge in [-0.05, 0) is 56.5 Å². The molecule has 1 aromatic carbocycles. The van der Waals surface area contributed by atoms with Crippen LogP contribution in [0.3, 0.4) is 0 Å². The molecule has 8 nitrogen and oxygen atoms in total. The molecule has 0 radical (unpaired) electrons. The molecule has 0 saturated heterocycles. The smallest absolute Gasteiger partial charge is 0.404 e. The fraction of sp³-hybridized carbons (Fsp3) is 0.391. The number of aromatic nitrogens is 2. The van der Waals surface area contributed by atoms with E-state index in [1.54, 1.807) is 17.7 Å². The van der Waals surface area contributed by atoms with Crippen molar-refractivity contribution in [2.45, 2.75) is 62.7 Å². The topological polar surface area (TPSA) is 127 Å². The average Bonchev–Trinajstić information content (AvgIpc) is 3.39. The molecule has 0 aliphatic heterocycles. The molecule has 4 rings (SSSR count). The minimum atomic E-state index is -4.75. The number of carbonyl (C=O) groups is 1. The number of amides is 1. The number of aryl methyl sites for hydroxylation is 1. The van der Waals surface area contributed by atoms with Crippen molar-refractivity contribution in [3.8, 4) is 17.1 Å². The first kappa shape index (κ1) is 25.0. The molecule has 0 unspecified atom stereocenters. The molecule has 1 saturated carbocycles. The predicted molar refractivity (Wildman–Crippen MR) is 123 cm³/mol. The van der Waals surface area contributed by atoms with Crippen LogP contribution in [0, 0.1) is 6.92 Å². The van der Waals surface area contributed by atoms with Gasteiger partial charge >= 0.3 is 6.18 Å². The fourth-order valence-electron chi connectivity index (χ4n) is 4.54. The number of rotatable bonds is 6. The SMILES string of the molecule is Cc1cc2c(cc1O)c(C(N)=O)c(-c1ccc(S(=O)(=O)N[C@@H](C)C(F)(F)F)cn1)n2C1CCCC1. The van der Waals surface area contributed by atoms with Crippen molar-refractivity contribution in [1.82, 2.24) is 14.3 Å². The van der Waals surface area contributed by atoms with E-state index < -0.39 is 33.0 Å². The molecule has 0 bridgehead atoms. The summed E-state index contributed by atoms with van der Waals surface area (Å²) < 4.78 is 67.0. The highest BCUT2D eigenvalue weighted by atomic mass is 32.2. The monoisotopic (exact) mass is 510 g/mol. The number of primary amides is 1. The number of pyridine rings is 1. The summed E-state index contributed by atoms with van der Waals surface area (Å²) in [7, 11) is -4.49. The summed E-state index contributed by atoms with van der Waals surface area (Å²) in [6, 6.07) is 3.46. The molecule has 1 fully saturated rings. The summed E-state index contributed by atoms with van der Waals surface area (Å²) in [5.74, 6) is -0.751. The number of nitrogens with zero attached hydrogens (tertiary/aromatic N) is 2. The zero-order valence-corrected chi connectivity index (χ0v) is 19.9. The molecule has 4 N–H and O–H groups in total. The Morgan fingerprint density at radius 3 is 2.46 bits per heavy atom. The fourth-order valence-corrected chi connectivity index (χ4v) is 5.71. The van der Waals surface area contributed by atoms with Gasteiger partial charge in [-0.1, -0.05) is 12.8 Å². The first-order valence-corrected chi connectivity index (χ1v) is 12.5. The van der Waals surface area contributed by atoms with Crippen LogP contribution < -0.4 is 10.5 Å². The number of fused-ring (bicyclic) bond motifs is 1. The highest BCUT2D eigenvalue weighted by molar-refractivity contribution is 7.89. The third-order valence-electron chi connectivity index (χ3n) is 6.37. The molecular formula is C23H25F3N4O4S. The van der Waals surface area contributed by atoms with Crippen LogP contribution in [0.1, 0.15) is 54.6 Å². The lowest BCUT2D eigenvalue weighted by molar-refractivity contribution is -0.147. The van der Waals surface area contributed by atoms with Crippen LogP contribution in [0.2, 0.25) is 0 Å². The first-order valence-electron chi connectivity index (χ1n) is 11.0. The lowest BCUT2D eigenvalue weighted by Crippen LogP contribution is -2.42. The number of hydrogen-bond donors (Lipinski definition) is 3. The Kier molecular flexibility index (Phi) is 6.30. The van der Waals surface area contributed by atoms with Crippen LogP contribution in [-0.2, 0) is 10.0 Å². The van der Waals surface area contributed by atoms with E-state index >= 15 is 0 Å². The van der Waals surface area contributed by atoms with Gasteiger partial charge in [0.25, 0.3) is 5.91 Å². The second-order valence-corrected chi connectivity index (χ2v) is 10.5. The van der Waals surface area contributed by atoms with Crippen molar-refractivity contribution in [2.24, 2.45) is 5.73 Å². The van der Waals surface area contributed by atoms with Gasteiger partial charge in [-0.25, -0.2) is 8.42 Å². The standard InChI is InChI=1S/C23H25F3N4O4S/c1-12-9-18-16(10-19(12)31)20(22(27)32)21(30(18)14-5-3-4-6-14)17-8-7-15(11-28-17)35(33,34)29-13(2)23(24,25)26/h7-11,13-14,29,31H,3-6H2,1-2H3,(H2,27,32)/t13-/m0/s1. The number of halogens is 3. The van der Waals surface area contributed by atoms with E-state index in [1.807, 2.05) is 4.57 Å². The van der Waals surface area contributed by atoms with Gasteiger partial charge in [0.1, 0.15) is 16.7 Å². The van der Waals surface area contributed by atoms with E-state index in [1.165, 1.54) is 12.1 Å². The van der Waals surface area contributed by atoms with Crippen LogP contribution in [0.5, 0.6) is 5.75 Å². The van der Waals surface area contributed by atoms with Gasteiger partial charge in [-0.15, -0.1) is 0 Å². The van der Waals surface area contributed by atoms with E-state index in [0.717, 1.165) is 37.9 Å². The number of sulfonamides is 1. The van der Waals surface area contributed by atoms with Gasteiger partial charge in [0, 0.05) is 17.6 Å². The number of aromatic hydroxyl groups is 1. The number of alkyl halides is 3. The molecule has 0 spiro atoms. The van der Waals surface area contributed by atoms with Crippen LogP contribution in [-0.4, -0.2) is 41.2 Å². The normalized spacial score (nSPS) is 16.1. The van der Waals surface area contributed by atoms with Gasteiger partial charge in [0.15, 0.2) is 0 Å². The highest BCUT2D eigenvalue weighted by Gasteiger charge is 2.39. The van der Waals surface area contributed by atoms with Crippen molar-refractivity contribution >= 4 is 26.8 Å². The van der Waals surface area contributed by atoms with Crippen molar-refractivity contribution < 1.29 is 31.5 Å². The number of carbonyl (C=O) groups excluding carboxylic acids is 1. The van der Waals surface area contributed by atoms with Crippen LogP contribution in [0.4, 0.5) is 13.2 Å². The maximum atomic E-state index is 12.8. The summed E-state index contributed by atoms with van der Waals surface area (Å²) in [6.07, 6.45) is -0.129. The summed E-state index contributed by atoms with van der Waals surface area (Å²) in [5.41, 5.74) is 7.79. The largest absolute Gasteiger partial charge is 0.508 e. The number of nitrogens with two attached hydrogens (primary N) is 1. The molecule has 188 valence electrons. The Hall–Kier alpha value is -3.12. The number of phenols is 1. The van der Waals surface area contributed by atoms with Gasteiger partial charge in [-0.3, -0.25) is 9.78 Å². The molecule has 1 atom stereocenters. The van der Waals surface area contributed by atoms with E-state index in [9.17, 15) is 31.5 Å². The molecular weight excluding hydrogens is 485 g/mol. The second-order valence-electron chi connectivity index (χ2n) is 8.82. The summed E-state index contributed by atoms with van der Waals surface area (Å²) in [5, 5.41) is 10.7. The maximum Gasteiger partial charge on any atom is 0.404 e. The number of benzene rings is 1. The molecule has 1 aliphatic carbocycles. The first-order chi connectivity index (χ1) is 16.3. The minimum absolute atomic E-state index is 0.00520. The van der Waals surface area contributed by atoms with Crippen molar-refractivity contribution in [1.29, 1.82) is 0 Å². The molecule has 12 heteroatoms. The average molecular weight is 511 g/mol. The molecule has 3 aromatic rings. The van der Waals surface area contributed by atoms with E-state index in [-0.39, 0.29) is 23.0 Å². The van der Waals surface area contributed by atoms with Gasteiger partial charge in [0.05, 0.1) is 22.5 Å². The van der Waals surface area contributed by atoms with Gasteiger partial charge < -0.3 is 15.4 Å². The molecule has 35 heavy (non-hydrogen) atoms. The van der Waals surface area contributed by atoms with E-state index in [4.69, 9.17) is 5.73 Å². The Balaban J connectivity index is 1.87. The minimum Gasteiger partial charge on any atom is -0.508 e. The third-order valence-corrected chi connectivity index (χ3v) is 7.90. The number of hydrogen-bond acceptors (Lipinski definition) is 5. The molecule has 1 aliphatic rings. The van der Waals surface area contributed by atoms with Crippen LogP contribution in [0.25, 0.3) is 22.3 Å². The zero-order chi connectivity index (χ0) is 25.7.